The van der Waals surface area contributed by atoms with Gasteiger partial charge in [-0.3, -0.25) is 4.79 Å². The molecule has 0 saturated carbocycles. The number of nitrogens with one attached hydrogen (secondary N) is 2. The molecule has 0 spiro atoms. The third-order valence-electron chi connectivity index (χ3n) is 2.04. The van der Waals surface area contributed by atoms with E-state index in [2.05, 4.69) is 14.4 Å². The standard InChI is InChI=1S/C8H12N2O6S2/c1-4-7(17-8(13)10-4)18(14,15)9-3-5(16-2)6(11)12/h5,9H,3H2,1-2H3,(H,10,13)(H,11,12). The molecule has 0 bridgehead atoms. The van der Waals surface area contributed by atoms with Gasteiger partial charge in [-0.05, 0) is 6.92 Å². The zero-order valence-corrected chi connectivity index (χ0v) is 11.2. The Hall–Kier alpha value is -1.23. The number of hydrogen-bond acceptors (Lipinski definition) is 6. The smallest absolute Gasteiger partial charge is 0.334 e. The molecular weight excluding hydrogens is 284 g/mol. The molecule has 0 aliphatic carbocycles. The zero-order valence-electron chi connectivity index (χ0n) is 9.59. The molecule has 0 fully saturated rings. The fourth-order valence-corrected chi connectivity index (χ4v) is 3.54. The molecule has 0 saturated heterocycles. The monoisotopic (exact) mass is 296 g/mol. The molecule has 1 atom stereocenters. The number of sulfonamides is 1. The molecule has 1 aromatic rings. The quantitative estimate of drug-likeness (QED) is 0.626. The second-order valence-electron chi connectivity index (χ2n) is 3.34. The maximum absolute atomic E-state index is 11.8. The van der Waals surface area contributed by atoms with E-state index in [1.54, 1.807) is 0 Å². The average molecular weight is 296 g/mol. The normalized spacial score (nSPS) is 13.4. The molecule has 1 rings (SSSR count). The number of hydrogen-bond donors (Lipinski definition) is 3. The highest BCUT2D eigenvalue weighted by molar-refractivity contribution is 7.91. The first-order valence-electron chi connectivity index (χ1n) is 4.73. The molecule has 0 amide bonds. The molecule has 0 radical (unpaired) electrons. The van der Waals surface area contributed by atoms with Gasteiger partial charge in [0.15, 0.2) is 10.3 Å². The lowest BCUT2D eigenvalue weighted by Crippen LogP contribution is -2.37. The molecule has 8 nitrogen and oxygen atoms in total. The lowest BCUT2D eigenvalue weighted by Gasteiger charge is -2.11. The molecule has 1 heterocycles. The van der Waals surface area contributed by atoms with E-state index >= 15 is 0 Å². The highest BCUT2D eigenvalue weighted by Crippen LogP contribution is 2.15. The molecule has 0 aliphatic heterocycles. The van der Waals surface area contributed by atoms with Crippen LogP contribution in [0.15, 0.2) is 9.00 Å². The Morgan fingerprint density at radius 2 is 2.22 bits per heavy atom. The Morgan fingerprint density at radius 3 is 2.61 bits per heavy atom. The maximum atomic E-state index is 11.8. The van der Waals surface area contributed by atoms with Crippen molar-refractivity contribution in [2.45, 2.75) is 17.2 Å². The van der Waals surface area contributed by atoms with Crippen molar-refractivity contribution in [3.63, 3.8) is 0 Å². The minimum atomic E-state index is -3.91. The number of methoxy groups -OCH3 is 1. The van der Waals surface area contributed by atoms with E-state index in [4.69, 9.17) is 5.11 Å². The van der Waals surface area contributed by atoms with E-state index in [1.165, 1.54) is 6.92 Å². The molecule has 10 heteroatoms. The minimum absolute atomic E-state index is 0.159. The van der Waals surface area contributed by atoms with Gasteiger partial charge in [-0.2, -0.15) is 0 Å². The highest BCUT2D eigenvalue weighted by Gasteiger charge is 2.24. The van der Waals surface area contributed by atoms with Gasteiger partial charge in [-0.15, -0.1) is 0 Å². The van der Waals surface area contributed by atoms with Crippen LogP contribution < -0.4 is 9.60 Å². The number of aromatic nitrogens is 1. The Bertz CT molecular complexity index is 587. The third kappa shape index (κ3) is 3.38. The van der Waals surface area contributed by atoms with Crippen LogP contribution in [0.3, 0.4) is 0 Å². The summed E-state index contributed by atoms with van der Waals surface area (Å²) in [5, 5.41) is 8.69. The summed E-state index contributed by atoms with van der Waals surface area (Å²) in [6, 6.07) is 0. The molecule has 0 aromatic carbocycles. The summed E-state index contributed by atoms with van der Waals surface area (Å²) < 4.78 is 30.1. The van der Waals surface area contributed by atoms with Crippen LogP contribution in [-0.4, -0.2) is 44.2 Å². The summed E-state index contributed by atoms with van der Waals surface area (Å²) in [5.74, 6) is -1.28. The topological polar surface area (TPSA) is 126 Å². The lowest BCUT2D eigenvalue weighted by atomic mass is 10.4. The van der Waals surface area contributed by atoms with Crippen LogP contribution in [0.4, 0.5) is 0 Å². The number of carboxylic acid groups (broad SMARTS) is 1. The fraction of sp³-hybridized carbons (Fsp3) is 0.500. The van der Waals surface area contributed by atoms with Gasteiger partial charge in [0.25, 0.3) is 10.0 Å². The van der Waals surface area contributed by atoms with Gasteiger partial charge >= 0.3 is 10.8 Å². The summed E-state index contributed by atoms with van der Waals surface area (Å²) in [6.45, 7) is 1.02. The zero-order chi connectivity index (χ0) is 13.9. The van der Waals surface area contributed by atoms with E-state index in [-0.39, 0.29) is 9.90 Å². The van der Waals surface area contributed by atoms with Crippen molar-refractivity contribution in [1.29, 1.82) is 0 Å². The van der Waals surface area contributed by atoms with Crippen LogP contribution >= 0.6 is 11.3 Å². The Kier molecular flexibility index (Phi) is 4.62. The number of rotatable bonds is 6. The van der Waals surface area contributed by atoms with Crippen molar-refractivity contribution >= 4 is 27.3 Å². The Labute approximate surface area is 107 Å². The predicted molar refractivity (Wildman–Crippen MR) is 63.3 cm³/mol. The number of aryl methyl sites for hydroxylation is 1. The summed E-state index contributed by atoms with van der Waals surface area (Å²) in [4.78, 5) is 23.5. The third-order valence-corrected chi connectivity index (χ3v) is 5.07. The molecule has 0 aliphatic rings. The van der Waals surface area contributed by atoms with Gasteiger partial charge in [-0.1, -0.05) is 11.3 Å². The first-order valence-corrected chi connectivity index (χ1v) is 7.03. The number of aromatic amines is 1. The number of carbonyl (C=O) groups is 1. The second-order valence-corrected chi connectivity index (χ2v) is 6.29. The van der Waals surface area contributed by atoms with Gasteiger partial charge in [0.2, 0.25) is 0 Å². The molecule has 18 heavy (non-hydrogen) atoms. The van der Waals surface area contributed by atoms with Crippen LogP contribution in [-0.2, 0) is 19.6 Å². The molecule has 1 unspecified atom stereocenters. The number of aliphatic carboxylic acids is 1. The van der Waals surface area contributed by atoms with Crippen LogP contribution in [0.2, 0.25) is 0 Å². The summed E-state index contributed by atoms with van der Waals surface area (Å²) in [5.41, 5.74) is 0.210. The maximum Gasteiger partial charge on any atom is 0.334 e. The molecule has 102 valence electrons. The molecule has 3 N–H and O–H groups in total. The summed E-state index contributed by atoms with van der Waals surface area (Å²) in [6.07, 6.45) is -1.28. The average Bonchev–Trinajstić information content (AvgIpc) is 2.58. The molecular formula is C8H12N2O6S2. The van der Waals surface area contributed by atoms with E-state index in [0.717, 1.165) is 7.11 Å². The molecule has 1 aromatic heterocycles. The number of H-pyrrole nitrogens is 1. The van der Waals surface area contributed by atoms with Gasteiger partial charge in [0, 0.05) is 19.3 Å². The largest absolute Gasteiger partial charge is 0.479 e. The first-order chi connectivity index (χ1) is 8.27. The summed E-state index contributed by atoms with van der Waals surface area (Å²) >= 11 is 0.539. The van der Waals surface area contributed by atoms with E-state index in [1.807, 2.05) is 0 Å². The fourth-order valence-electron chi connectivity index (χ4n) is 1.17. The van der Waals surface area contributed by atoms with Crippen LogP contribution in [0.25, 0.3) is 0 Å². The Balaban J connectivity index is 2.86. The van der Waals surface area contributed by atoms with Gasteiger partial charge in [0.1, 0.15) is 0 Å². The number of carboxylic acids is 1. The predicted octanol–water partition coefficient (Wildman–Crippen LogP) is -0.877. The Morgan fingerprint density at radius 1 is 1.61 bits per heavy atom. The number of ether oxygens (including phenoxy) is 1. The van der Waals surface area contributed by atoms with E-state index in [0.29, 0.717) is 11.3 Å². The van der Waals surface area contributed by atoms with Crippen molar-refractivity contribution in [2.24, 2.45) is 0 Å². The van der Waals surface area contributed by atoms with Crippen molar-refractivity contribution in [3.8, 4) is 0 Å². The van der Waals surface area contributed by atoms with Crippen molar-refractivity contribution < 1.29 is 23.1 Å². The SMILES string of the molecule is COC(CNS(=O)(=O)c1sc(=O)[nH]c1C)C(=O)O. The second kappa shape index (κ2) is 5.61. The van der Waals surface area contributed by atoms with Gasteiger partial charge < -0.3 is 14.8 Å². The number of thiazole rings is 1. The van der Waals surface area contributed by atoms with Crippen LogP contribution in [0.1, 0.15) is 5.69 Å². The minimum Gasteiger partial charge on any atom is -0.479 e. The van der Waals surface area contributed by atoms with Crippen molar-refractivity contribution in [3.05, 3.63) is 15.4 Å². The van der Waals surface area contributed by atoms with Gasteiger partial charge in [-0.25, -0.2) is 17.9 Å². The van der Waals surface area contributed by atoms with Crippen LogP contribution in [0.5, 0.6) is 0 Å². The van der Waals surface area contributed by atoms with Crippen molar-refractivity contribution in [2.75, 3.05) is 13.7 Å². The highest BCUT2D eigenvalue weighted by atomic mass is 32.2. The van der Waals surface area contributed by atoms with Crippen molar-refractivity contribution in [1.82, 2.24) is 9.71 Å². The van der Waals surface area contributed by atoms with E-state index < -0.39 is 33.5 Å². The van der Waals surface area contributed by atoms with E-state index in [9.17, 15) is 18.0 Å². The summed E-state index contributed by atoms with van der Waals surface area (Å²) in [7, 11) is -2.76. The lowest BCUT2D eigenvalue weighted by molar-refractivity contribution is -0.147. The van der Waals surface area contributed by atoms with Gasteiger partial charge in [0.05, 0.1) is 0 Å². The van der Waals surface area contributed by atoms with Crippen LogP contribution in [0, 0.1) is 6.92 Å². The first kappa shape index (κ1) is 14.8.